The predicted octanol–water partition coefficient (Wildman–Crippen LogP) is 4.34. The van der Waals surface area contributed by atoms with E-state index in [4.69, 9.17) is 4.74 Å². The van der Waals surface area contributed by atoms with Crippen molar-refractivity contribution in [2.75, 3.05) is 50.6 Å². The molecule has 0 spiro atoms. The second kappa shape index (κ2) is 9.61. The molecule has 4 heterocycles. The van der Waals surface area contributed by atoms with Crippen LogP contribution in [0.15, 0.2) is 54.7 Å². The molecule has 0 aliphatic carbocycles. The van der Waals surface area contributed by atoms with E-state index in [2.05, 4.69) is 67.7 Å². The van der Waals surface area contributed by atoms with Gasteiger partial charge in [-0.1, -0.05) is 18.2 Å². The zero-order valence-electron chi connectivity index (χ0n) is 22.0. The lowest BCUT2D eigenvalue weighted by Crippen LogP contribution is -2.44. The van der Waals surface area contributed by atoms with Crippen molar-refractivity contribution in [3.8, 4) is 5.75 Å². The summed E-state index contributed by atoms with van der Waals surface area (Å²) < 4.78 is 5.40. The minimum Gasteiger partial charge on any atom is -0.497 e. The number of pyridine rings is 1. The molecule has 1 fully saturated rings. The first-order valence-electron chi connectivity index (χ1n) is 13.0. The van der Waals surface area contributed by atoms with Crippen molar-refractivity contribution in [2.24, 2.45) is 0 Å². The maximum absolute atomic E-state index is 13.0. The zero-order chi connectivity index (χ0) is 26.3. The van der Waals surface area contributed by atoms with Gasteiger partial charge in [-0.15, -0.1) is 0 Å². The fourth-order valence-corrected chi connectivity index (χ4v) is 5.40. The van der Waals surface area contributed by atoms with Crippen molar-refractivity contribution in [1.82, 2.24) is 20.1 Å². The Labute approximate surface area is 222 Å². The van der Waals surface area contributed by atoms with Gasteiger partial charge in [-0.2, -0.15) is 5.10 Å². The van der Waals surface area contributed by atoms with E-state index in [1.807, 2.05) is 43.5 Å². The van der Waals surface area contributed by atoms with Gasteiger partial charge in [-0.3, -0.25) is 9.89 Å². The molecule has 6 rings (SSSR count). The second-order valence-electron chi connectivity index (χ2n) is 10.4. The van der Waals surface area contributed by atoms with E-state index in [0.29, 0.717) is 6.42 Å². The molecule has 1 saturated heterocycles. The second-order valence-corrected chi connectivity index (χ2v) is 10.4. The van der Waals surface area contributed by atoms with Crippen molar-refractivity contribution >= 4 is 40.5 Å². The highest BCUT2D eigenvalue weighted by Gasteiger charge is 2.43. The van der Waals surface area contributed by atoms with Gasteiger partial charge in [0.05, 0.1) is 23.7 Å². The Bertz CT molecular complexity index is 1520. The summed E-state index contributed by atoms with van der Waals surface area (Å²) in [6, 6.07) is 16.2. The van der Waals surface area contributed by atoms with Crippen molar-refractivity contribution in [3.05, 3.63) is 77.1 Å². The first-order valence-corrected chi connectivity index (χ1v) is 13.0. The van der Waals surface area contributed by atoms with Gasteiger partial charge in [-0.05, 0) is 79.6 Å². The molecular weight excluding hydrogens is 476 g/mol. The zero-order valence-corrected chi connectivity index (χ0v) is 22.0. The van der Waals surface area contributed by atoms with Crippen LogP contribution in [0.1, 0.15) is 29.3 Å². The molecule has 2 N–H and O–H groups in total. The molecule has 194 valence electrons. The standard InChI is InChI=1S/C30H32N6O2/c1-30(24-17-22(38-3)7-10-26(24)32-29(30)37)18-21-4-8-23-25(33-34-27(23)16-21)9-5-20-6-11-28(31-19-20)36-14-12-35(2)13-15-36/h4-11,16-17,19H,12-15,18H2,1-3H3,(H,32,37)(H,33,34)/b9-5+/t30-/m0/s1. The number of benzene rings is 2. The third-order valence-corrected chi connectivity index (χ3v) is 7.82. The number of H-pyrrole nitrogens is 1. The smallest absolute Gasteiger partial charge is 0.235 e. The minimum atomic E-state index is -0.677. The number of carbonyl (C=O) groups excluding carboxylic acids is 1. The van der Waals surface area contributed by atoms with Crippen LogP contribution in [0.2, 0.25) is 0 Å². The van der Waals surface area contributed by atoms with Crippen molar-refractivity contribution < 1.29 is 9.53 Å². The number of nitrogens with zero attached hydrogens (tertiary/aromatic N) is 4. The van der Waals surface area contributed by atoms with Crippen LogP contribution in [0.25, 0.3) is 23.1 Å². The Morgan fingerprint density at radius 2 is 1.89 bits per heavy atom. The molecular formula is C30H32N6O2. The van der Waals surface area contributed by atoms with Gasteiger partial charge in [0.1, 0.15) is 11.6 Å². The number of piperazine rings is 1. The Kier molecular flexibility index (Phi) is 6.12. The van der Waals surface area contributed by atoms with E-state index >= 15 is 0 Å². The normalized spacial score (nSPS) is 19.8. The minimum absolute atomic E-state index is 0.00124. The molecule has 2 aliphatic rings. The van der Waals surface area contributed by atoms with Gasteiger partial charge in [0.25, 0.3) is 0 Å². The van der Waals surface area contributed by atoms with Crippen molar-refractivity contribution in [2.45, 2.75) is 18.8 Å². The highest BCUT2D eigenvalue weighted by molar-refractivity contribution is 6.06. The fraction of sp³-hybridized carbons (Fsp3) is 0.300. The lowest BCUT2D eigenvalue weighted by atomic mass is 9.78. The first kappa shape index (κ1) is 24.2. The largest absolute Gasteiger partial charge is 0.497 e. The molecule has 1 atom stereocenters. The topological polar surface area (TPSA) is 86.4 Å². The number of carbonyl (C=O) groups is 1. The van der Waals surface area contributed by atoms with E-state index in [1.165, 1.54) is 0 Å². The molecule has 4 aromatic rings. The lowest BCUT2D eigenvalue weighted by Gasteiger charge is -2.33. The monoisotopic (exact) mass is 508 g/mol. The molecule has 8 heteroatoms. The highest BCUT2D eigenvalue weighted by Crippen LogP contribution is 2.42. The van der Waals surface area contributed by atoms with Crippen LogP contribution in [0.5, 0.6) is 5.75 Å². The van der Waals surface area contributed by atoms with Gasteiger partial charge >= 0.3 is 0 Å². The Morgan fingerprint density at radius 1 is 1.05 bits per heavy atom. The van der Waals surface area contributed by atoms with E-state index in [9.17, 15) is 4.79 Å². The molecule has 0 saturated carbocycles. The number of fused-ring (bicyclic) bond motifs is 2. The SMILES string of the molecule is COc1ccc2c(c1)[C@](C)(Cc1ccc3c(/C=C/c4ccc(N5CCN(C)CC5)nc4)n[nH]c3c1)C(=O)N2. The summed E-state index contributed by atoms with van der Waals surface area (Å²) in [5, 5.41) is 11.8. The summed E-state index contributed by atoms with van der Waals surface area (Å²) in [6.07, 6.45) is 6.54. The molecule has 1 amide bonds. The van der Waals surface area contributed by atoms with Gasteiger partial charge < -0.3 is 19.9 Å². The van der Waals surface area contributed by atoms with Crippen molar-refractivity contribution in [1.29, 1.82) is 0 Å². The molecule has 38 heavy (non-hydrogen) atoms. The Balaban J connectivity index is 1.19. The number of amides is 1. The van der Waals surface area contributed by atoms with Gasteiger partial charge in [0.2, 0.25) is 5.91 Å². The van der Waals surface area contributed by atoms with Crippen LogP contribution >= 0.6 is 0 Å². The first-order chi connectivity index (χ1) is 18.4. The number of ether oxygens (including phenoxy) is 1. The van der Waals surface area contributed by atoms with Crippen molar-refractivity contribution in [3.63, 3.8) is 0 Å². The molecule has 8 nitrogen and oxygen atoms in total. The van der Waals surface area contributed by atoms with Gasteiger partial charge in [0.15, 0.2) is 0 Å². The number of hydrogen-bond donors (Lipinski definition) is 2. The molecule has 2 aromatic heterocycles. The van der Waals surface area contributed by atoms with Gasteiger partial charge in [-0.25, -0.2) is 4.98 Å². The van der Waals surface area contributed by atoms with Gasteiger partial charge in [0, 0.05) is 43.4 Å². The summed E-state index contributed by atoms with van der Waals surface area (Å²) in [4.78, 5) is 22.3. The molecule has 2 aromatic carbocycles. The molecule has 0 unspecified atom stereocenters. The summed E-state index contributed by atoms with van der Waals surface area (Å²) in [6.45, 7) is 6.12. The maximum Gasteiger partial charge on any atom is 0.235 e. The van der Waals surface area contributed by atoms with Crippen LogP contribution in [0, 0.1) is 0 Å². The predicted molar refractivity (Wildman–Crippen MR) is 152 cm³/mol. The fourth-order valence-electron chi connectivity index (χ4n) is 5.40. The van der Waals surface area contributed by atoms with E-state index in [-0.39, 0.29) is 5.91 Å². The summed E-state index contributed by atoms with van der Waals surface area (Å²) in [5.41, 5.74) is 5.04. The van der Waals surface area contributed by atoms with Crippen LogP contribution in [-0.4, -0.2) is 66.3 Å². The van der Waals surface area contributed by atoms with E-state index in [0.717, 1.165) is 76.7 Å². The molecule has 2 aliphatic heterocycles. The Morgan fingerprint density at radius 3 is 2.66 bits per heavy atom. The number of likely N-dealkylation sites (N-methyl/N-ethyl adjacent to an activating group) is 1. The Hall–Kier alpha value is -4.17. The maximum atomic E-state index is 13.0. The number of anilines is 2. The summed E-state index contributed by atoms with van der Waals surface area (Å²) in [5.74, 6) is 1.77. The molecule has 0 bridgehead atoms. The number of hydrogen-bond acceptors (Lipinski definition) is 6. The van der Waals surface area contributed by atoms with E-state index in [1.54, 1.807) is 7.11 Å². The average molecular weight is 509 g/mol. The number of aromatic nitrogens is 3. The number of methoxy groups -OCH3 is 1. The van der Waals surface area contributed by atoms with Crippen LogP contribution in [0.4, 0.5) is 11.5 Å². The summed E-state index contributed by atoms with van der Waals surface area (Å²) in [7, 11) is 3.80. The highest BCUT2D eigenvalue weighted by atomic mass is 16.5. The van der Waals surface area contributed by atoms with Crippen LogP contribution < -0.4 is 15.0 Å². The van der Waals surface area contributed by atoms with Crippen LogP contribution in [0.3, 0.4) is 0 Å². The number of aromatic amines is 1. The average Bonchev–Trinajstić information content (AvgIpc) is 3.45. The lowest BCUT2D eigenvalue weighted by molar-refractivity contribution is -0.120. The number of nitrogens with one attached hydrogen (secondary N) is 2. The summed E-state index contributed by atoms with van der Waals surface area (Å²) >= 11 is 0. The number of rotatable bonds is 6. The quantitative estimate of drug-likeness (QED) is 0.403. The third-order valence-electron chi connectivity index (χ3n) is 7.82. The third kappa shape index (κ3) is 4.41. The van der Waals surface area contributed by atoms with Crippen LogP contribution in [-0.2, 0) is 16.6 Å². The van der Waals surface area contributed by atoms with E-state index < -0.39 is 5.41 Å². The molecule has 0 radical (unpaired) electrons.